The molecular formula is C13H25ClN4O2S. The van der Waals surface area contributed by atoms with Crippen LogP contribution in [0.3, 0.4) is 0 Å². The van der Waals surface area contributed by atoms with Crippen LogP contribution in [0, 0.1) is 0 Å². The van der Waals surface area contributed by atoms with E-state index in [-0.39, 0.29) is 4.90 Å². The highest BCUT2D eigenvalue weighted by atomic mass is 35.5. The van der Waals surface area contributed by atoms with Crippen molar-refractivity contribution in [3.63, 3.8) is 0 Å². The molecule has 0 fully saturated rings. The first kappa shape index (κ1) is 18.4. The van der Waals surface area contributed by atoms with Crippen LogP contribution in [0.2, 0.25) is 0 Å². The highest BCUT2D eigenvalue weighted by Crippen LogP contribution is 2.15. The molecule has 21 heavy (non-hydrogen) atoms. The highest BCUT2D eigenvalue weighted by molar-refractivity contribution is 7.89. The van der Waals surface area contributed by atoms with Gasteiger partial charge in [-0.3, -0.25) is 4.68 Å². The number of aryl methyl sites for hydroxylation is 1. The number of hydrogen-bond donors (Lipinski definition) is 0. The summed E-state index contributed by atoms with van der Waals surface area (Å²) in [6.07, 6.45) is 4.55. The summed E-state index contributed by atoms with van der Waals surface area (Å²) in [4.78, 5) is 2.23. The summed E-state index contributed by atoms with van der Waals surface area (Å²) in [5.41, 5.74) is 0. The average Bonchev–Trinajstić information content (AvgIpc) is 2.90. The van der Waals surface area contributed by atoms with Gasteiger partial charge in [-0.25, -0.2) is 8.42 Å². The van der Waals surface area contributed by atoms with Gasteiger partial charge in [0.1, 0.15) is 4.90 Å². The van der Waals surface area contributed by atoms with Gasteiger partial charge in [-0.2, -0.15) is 9.40 Å². The fourth-order valence-electron chi connectivity index (χ4n) is 1.88. The van der Waals surface area contributed by atoms with Gasteiger partial charge in [0.25, 0.3) is 0 Å². The smallest absolute Gasteiger partial charge is 0.246 e. The molecule has 0 saturated carbocycles. The molecular weight excluding hydrogens is 312 g/mol. The van der Waals surface area contributed by atoms with Gasteiger partial charge in [-0.15, -0.1) is 11.6 Å². The summed E-state index contributed by atoms with van der Waals surface area (Å²) in [5.74, 6) is 0.534. The Hall–Kier alpha value is -0.630. The van der Waals surface area contributed by atoms with Crippen molar-refractivity contribution < 1.29 is 8.42 Å². The predicted molar refractivity (Wildman–Crippen MR) is 85.2 cm³/mol. The Bertz CT molecular complexity index is 516. The molecule has 0 N–H and O–H groups in total. The zero-order valence-corrected chi connectivity index (χ0v) is 14.6. The Labute approximate surface area is 132 Å². The zero-order valence-electron chi connectivity index (χ0n) is 13.0. The molecule has 0 aliphatic heterocycles. The molecule has 0 bridgehead atoms. The Balaban J connectivity index is 2.86. The van der Waals surface area contributed by atoms with Crippen molar-refractivity contribution in [2.45, 2.75) is 31.2 Å². The van der Waals surface area contributed by atoms with Crippen LogP contribution in [-0.2, 0) is 16.6 Å². The molecule has 1 rings (SSSR count). The lowest BCUT2D eigenvalue weighted by atomic mass is 10.4. The Morgan fingerprint density at radius 2 is 2.00 bits per heavy atom. The van der Waals surface area contributed by atoms with Crippen LogP contribution in [0.1, 0.15) is 19.8 Å². The standard InChI is InChI=1S/C13H25ClN4O2S/c1-4-7-18(10-9-16(2)3)21(19,20)13-11-15-17(12-13)8-5-6-14/h11-12H,4-10H2,1-3H3. The van der Waals surface area contributed by atoms with Crippen LogP contribution in [0.15, 0.2) is 17.3 Å². The number of alkyl halides is 1. The van der Waals surface area contributed by atoms with Crippen molar-refractivity contribution in [3.8, 4) is 0 Å². The van der Waals surface area contributed by atoms with Crippen molar-refractivity contribution in [2.75, 3.05) is 39.6 Å². The van der Waals surface area contributed by atoms with Crippen LogP contribution in [0.4, 0.5) is 0 Å². The SMILES string of the molecule is CCCN(CCN(C)C)S(=O)(=O)c1cnn(CCCCl)c1. The van der Waals surface area contributed by atoms with Gasteiger partial charge in [0.15, 0.2) is 0 Å². The van der Waals surface area contributed by atoms with Gasteiger partial charge in [0.2, 0.25) is 10.0 Å². The third-order valence-electron chi connectivity index (χ3n) is 3.04. The topological polar surface area (TPSA) is 58.4 Å². The molecule has 0 aliphatic carbocycles. The van der Waals surface area contributed by atoms with E-state index in [0.29, 0.717) is 32.1 Å². The molecule has 1 aromatic rings. The van der Waals surface area contributed by atoms with Gasteiger partial charge >= 0.3 is 0 Å². The first-order valence-corrected chi connectivity index (χ1v) is 9.12. The monoisotopic (exact) mass is 336 g/mol. The molecule has 0 amide bonds. The molecule has 0 saturated heterocycles. The molecule has 6 nitrogen and oxygen atoms in total. The summed E-state index contributed by atoms with van der Waals surface area (Å²) in [5, 5.41) is 4.10. The van der Waals surface area contributed by atoms with E-state index in [1.165, 1.54) is 10.5 Å². The molecule has 0 atom stereocenters. The number of hydrogen-bond acceptors (Lipinski definition) is 4. The maximum atomic E-state index is 12.6. The normalized spacial score (nSPS) is 12.5. The second kappa shape index (κ2) is 8.73. The van der Waals surface area contributed by atoms with Gasteiger partial charge < -0.3 is 4.90 Å². The van der Waals surface area contributed by atoms with E-state index in [1.54, 1.807) is 10.9 Å². The molecule has 1 heterocycles. The molecule has 0 unspecified atom stereocenters. The molecule has 0 aliphatic rings. The molecule has 0 radical (unpaired) electrons. The maximum absolute atomic E-state index is 12.6. The minimum absolute atomic E-state index is 0.254. The number of halogens is 1. The van der Waals surface area contributed by atoms with Crippen LogP contribution in [-0.4, -0.2) is 67.0 Å². The molecule has 8 heteroatoms. The van der Waals surface area contributed by atoms with Crippen molar-refractivity contribution in [2.24, 2.45) is 0 Å². The van der Waals surface area contributed by atoms with Gasteiger partial charge in [-0.05, 0) is 26.9 Å². The van der Waals surface area contributed by atoms with E-state index in [2.05, 4.69) is 5.10 Å². The lowest BCUT2D eigenvalue weighted by Gasteiger charge is -2.22. The molecule has 0 spiro atoms. The number of nitrogens with zero attached hydrogens (tertiary/aromatic N) is 4. The molecule has 1 aromatic heterocycles. The minimum atomic E-state index is -3.47. The van der Waals surface area contributed by atoms with Gasteiger partial charge in [0, 0.05) is 38.3 Å². The summed E-state index contributed by atoms with van der Waals surface area (Å²) < 4.78 is 28.5. The fraction of sp³-hybridized carbons (Fsp3) is 0.769. The fourth-order valence-corrected chi connectivity index (χ4v) is 3.48. The van der Waals surface area contributed by atoms with Crippen LogP contribution in [0.5, 0.6) is 0 Å². The first-order chi connectivity index (χ1) is 9.91. The molecule has 0 aromatic carbocycles. The quantitative estimate of drug-likeness (QED) is 0.607. The third-order valence-corrected chi connectivity index (χ3v) is 5.16. The van der Waals surface area contributed by atoms with Crippen molar-refractivity contribution in [1.29, 1.82) is 0 Å². The lowest BCUT2D eigenvalue weighted by molar-refractivity contribution is 0.333. The van der Waals surface area contributed by atoms with Crippen molar-refractivity contribution >= 4 is 21.6 Å². The maximum Gasteiger partial charge on any atom is 0.246 e. The Morgan fingerprint density at radius 1 is 1.29 bits per heavy atom. The van der Waals surface area contributed by atoms with Gasteiger partial charge in [0.05, 0.1) is 6.20 Å². The average molecular weight is 337 g/mol. The van der Waals surface area contributed by atoms with E-state index in [9.17, 15) is 8.42 Å². The second-order valence-electron chi connectivity index (χ2n) is 5.19. The number of sulfonamides is 1. The molecule has 122 valence electrons. The summed E-state index contributed by atoms with van der Waals surface area (Å²) in [6, 6.07) is 0. The van der Waals surface area contributed by atoms with Crippen LogP contribution in [0.25, 0.3) is 0 Å². The third kappa shape index (κ3) is 5.58. The van der Waals surface area contributed by atoms with Gasteiger partial charge in [-0.1, -0.05) is 6.92 Å². The Kier molecular flexibility index (Phi) is 7.65. The summed E-state index contributed by atoms with van der Waals surface area (Å²) >= 11 is 5.64. The zero-order chi connectivity index (χ0) is 15.9. The predicted octanol–water partition coefficient (Wildman–Crippen LogP) is 1.47. The van der Waals surface area contributed by atoms with E-state index in [4.69, 9.17) is 11.6 Å². The van der Waals surface area contributed by atoms with Crippen LogP contribution < -0.4 is 0 Å². The van der Waals surface area contributed by atoms with E-state index in [0.717, 1.165) is 12.8 Å². The van der Waals surface area contributed by atoms with Crippen molar-refractivity contribution in [3.05, 3.63) is 12.4 Å². The number of rotatable bonds is 10. The summed E-state index contributed by atoms with van der Waals surface area (Å²) in [6.45, 7) is 4.30. The minimum Gasteiger partial charge on any atom is -0.308 e. The highest BCUT2D eigenvalue weighted by Gasteiger charge is 2.25. The Morgan fingerprint density at radius 3 is 2.57 bits per heavy atom. The summed E-state index contributed by atoms with van der Waals surface area (Å²) in [7, 11) is 0.390. The van der Waals surface area contributed by atoms with E-state index in [1.807, 2.05) is 25.9 Å². The number of aromatic nitrogens is 2. The second-order valence-corrected chi connectivity index (χ2v) is 7.50. The largest absolute Gasteiger partial charge is 0.308 e. The number of likely N-dealkylation sites (N-methyl/N-ethyl adjacent to an activating group) is 1. The van der Waals surface area contributed by atoms with Crippen molar-refractivity contribution in [1.82, 2.24) is 19.0 Å². The van der Waals surface area contributed by atoms with Crippen LogP contribution >= 0.6 is 11.6 Å². The lowest BCUT2D eigenvalue weighted by Crippen LogP contribution is -2.37. The van der Waals surface area contributed by atoms with E-state index >= 15 is 0 Å². The van der Waals surface area contributed by atoms with E-state index < -0.39 is 10.0 Å². The first-order valence-electron chi connectivity index (χ1n) is 7.15.